The van der Waals surface area contributed by atoms with E-state index in [1.807, 2.05) is 0 Å². The summed E-state index contributed by atoms with van der Waals surface area (Å²) in [4.78, 5) is 12.4. The fourth-order valence-electron chi connectivity index (χ4n) is 2.54. The minimum Gasteiger partial charge on any atom is -0.379 e. The predicted octanol–water partition coefficient (Wildman–Crippen LogP) is 2.12. The molecular weight excluding hydrogens is 390 g/mol. The number of ether oxygens (including phenoxy) is 1. The van der Waals surface area contributed by atoms with Crippen LogP contribution in [0.1, 0.15) is 15.9 Å². The van der Waals surface area contributed by atoms with Crippen LogP contribution in [-0.2, 0) is 14.8 Å². The fraction of sp³-hybridized carbons (Fsp3) is 0.222. The van der Waals surface area contributed by atoms with Crippen LogP contribution in [0.5, 0.6) is 0 Å². The van der Waals surface area contributed by atoms with E-state index in [2.05, 4.69) is 10.5 Å². The van der Waals surface area contributed by atoms with E-state index >= 15 is 0 Å². The number of hydrazone groups is 1. The Bertz CT molecular complexity index is 957. The maximum atomic E-state index is 12.7. The van der Waals surface area contributed by atoms with Crippen molar-refractivity contribution in [1.29, 1.82) is 0 Å². The number of hydrogen-bond donors (Lipinski definition) is 1. The molecule has 1 heterocycles. The number of benzene rings is 2. The number of nitrogens with zero attached hydrogens (tertiary/aromatic N) is 2. The molecule has 2 aromatic carbocycles. The highest BCUT2D eigenvalue weighted by Gasteiger charge is 2.26. The van der Waals surface area contributed by atoms with E-state index in [0.717, 1.165) is 0 Å². The lowest BCUT2D eigenvalue weighted by Crippen LogP contribution is -2.40. The molecule has 27 heavy (non-hydrogen) atoms. The van der Waals surface area contributed by atoms with Crippen LogP contribution in [0.4, 0.5) is 0 Å². The van der Waals surface area contributed by atoms with Gasteiger partial charge in [-0.3, -0.25) is 4.79 Å². The molecule has 142 valence electrons. The summed E-state index contributed by atoms with van der Waals surface area (Å²) in [6.07, 6.45) is 1.43. The first-order chi connectivity index (χ1) is 13.0. The van der Waals surface area contributed by atoms with Crippen LogP contribution in [0.15, 0.2) is 58.5 Å². The number of halogens is 1. The number of morpholine rings is 1. The minimum atomic E-state index is -3.67. The average Bonchev–Trinajstić information content (AvgIpc) is 2.70. The van der Waals surface area contributed by atoms with Crippen molar-refractivity contribution in [2.45, 2.75) is 4.90 Å². The molecule has 1 N–H and O–H groups in total. The Hall–Kier alpha value is -2.26. The molecule has 0 aliphatic carbocycles. The van der Waals surface area contributed by atoms with Gasteiger partial charge in [0.2, 0.25) is 10.0 Å². The van der Waals surface area contributed by atoms with Gasteiger partial charge in [-0.2, -0.15) is 9.41 Å². The normalized spacial score (nSPS) is 15.7. The van der Waals surface area contributed by atoms with Crippen LogP contribution < -0.4 is 5.43 Å². The summed E-state index contributed by atoms with van der Waals surface area (Å²) in [6, 6.07) is 12.9. The predicted molar refractivity (Wildman–Crippen MR) is 103 cm³/mol. The smallest absolute Gasteiger partial charge is 0.271 e. The van der Waals surface area contributed by atoms with Gasteiger partial charge in [0, 0.05) is 29.2 Å². The largest absolute Gasteiger partial charge is 0.379 e. The second kappa shape index (κ2) is 8.62. The molecule has 0 aromatic heterocycles. The number of rotatable bonds is 5. The van der Waals surface area contributed by atoms with Gasteiger partial charge in [0.1, 0.15) is 0 Å². The first-order valence-electron chi connectivity index (χ1n) is 8.24. The van der Waals surface area contributed by atoms with E-state index in [1.165, 1.54) is 34.8 Å². The molecule has 0 radical (unpaired) electrons. The lowest BCUT2D eigenvalue weighted by atomic mass is 10.2. The lowest BCUT2D eigenvalue weighted by Gasteiger charge is -2.26. The Morgan fingerprint density at radius 1 is 1.15 bits per heavy atom. The molecule has 2 aromatic rings. The summed E-state index contributed by atoms with van der Waals surface area (Å²) in [5.41, 5.74) is 3.23. The molecule has 0 unspecified atom stereocenters. The highest BCUT2D eigenvalue weighted by atomic mass is 35.5. The molecule has 0 saturated carbocycles. The van der Waals surface area contributed by atoms with Crippen molar-refractivity contribution >= 4 is 33.7 Å². The topological polar surface area (TPSA) is 88.1 Å². The van der Waals surface area contributed by atoms with Crippen molar-refractivity contribution in [2.75, 3.05) is 26.3 Å². The number of carbonyl (C=O) groups is 1. The van der Waals surface area contributed by atoms with Gasteiger partial charge in [-0.1, -0.05) is 35.9 Å². The molecule has 1 saturated heterocycles. The average molecular weight is 408 g/mol. The summed E-state index contributed by atoms with van der Waals surface area (Å²) in [7, 11) is -3.67. The summed E-state index contributed by atoms with van der Waals surface area (Å²) >= 11 is 6.02. The highest BCUT2D eigenvalue weighted by molar-refractivity contribution is 7.89. The zero-order valence-electron chi connectivity index (χ0n) is 14.3. The molecular formula is C18H18ClN3O4S. The van der Waals surface area contributed by atoms with Gasteiger partial charge in [-0.15, -0.1) is 0 Å². The molecule has 7 nitrogen and oxygen atoms in total. The Labute approximate surface area is 162 Å². The maximum Gasteiger partial charge on any atom is 0.271 e. The first kappa shape index (κ1) is 19.5. The monoisotopic (exact) mass is 407 g/mol. The number of amides is 1. The van der Waals surface area contributed by atoms with Crippen LogP contribution in [0.2, 0.25) is 5.02 Å². The van der Waals surface area contributed by atoms with Gasteiger partial charge in [0.15, 0.2) is 0 Å². The number of sulfonamides is 1. The molecule has 3 rings (SSSR count). The Balaban J connectivity index is 1.73. The second-order valence-electron chi connectivity index (χ2n) is 5.76. The third-order valence-electron chi connectivity index (χ3n) is 3.98. The second-order valence-corrected chi connectivity index (χ2v) is 8.11. The minimum absolute atomic E-state index is 0.0622. The molecule has 0 bridgehead atoms. The van der Waals surface area contributed by atoms with E-state index in [-0.39, 0.29) is 10.5 Å². The summed E-state index contributed by atoms with van der Waals surface area (Å²) in [6.45, 7) is 1.30. The quantitative estimate of drug-likeness (QED) is 0.607. The summed E-state index contributed by atoms with van der Waals surface area (Å²) in [5.74, 6) is -0.516. The Kier molecular flexibility index (Phi) is 6.22. The van der Waals surface area contributed by atoms with Gasteiger partial charge in [-0.05, 0) is 24.3 Å². The first-order valence-corrected chi connectivity index (χ1v) is 10.1. The molecule has 1 aliphatic rings. The fourth-order valence-corrected chi connectivity index (χ4v) is 4.18. The maximum absolute atomic E-state index is 12.7. The summed E-state index contributed by atoms with van der Waals surface area (Å²) in [5, 5.41) is 4.38. The van der Waals surface area contributed by atoms with Gasteiger partial charge in [0.05, 0.1) is 24.3 Å². The van der Waals surface area contributed by atoms with Crippen LogP contribution >= 0.6 is 11.6 Å². The third kappa shape index (κ3) is 4.72. The molecule has 1 fully saturated rings. The number of nitrogens with one attached hydrogen (secondary N) is 1. The zero-order valence-corrected chi connectivity index (χ0v) is 15.9. The van der Waals surface area contributed by atoms with Gasteiger partial charge < -0.3 is 4.74 Å². The lowest BCUT2D eigenvalue weighted by molar-refractivity contribution is 0.0730. The molecule has 0 spiro atoms. The van der Waals surface area contributed by atoms with Crippen molar-refractivity contribution in [3.63, 3.8) is 0 Å². The van der Waals surface area contributed by atoms with Crippen LogP contribution in [0.25, 0.3) is 0 Å². The van der Waals surface area contributed by atoms with Crippen molar-refractivity contribution in [3.8, 4) is 0 Å². The molecule has 1 amide bonds. The van der Waals surface area contributed by atoms with Crippen molar-refractivity contribution in [3.05, 3.63) is 64.7 Å². The molecule has 1 aliphatic heterocycles. The highest BCUT2D eigenvalue weighted by Crippen LogP contribution is 2.18. The van der Waals surface area contributed by atoms with Crippen LogP contribution in [0.3, 0.4) is 0 Å². The standard InChI is InChI=1S/C18H18ClN3O4S/c19-17-7-2-1-4-15(17)13-20-21-18(23)14-5-3-6-16(12-14)27(24,25)22-8-10-26-11-9-22/h1-7,12-13H,8-11H2,(H,21,23). The SMILES string of the molecule is O=C(NN=Cc1ccccc1Cl)c1cccc(S(=O)(=O)N2CCOCC2)c1. The van der Waals surface area contributed by atoms with E-state index in [9.17, 15) is 13.2 Å². The number of carbonyl (C=O) groups excluding carboxylic acids is 1. The van der Waals surface area contributed by atoms with Gasteiger partial charge in [-0.25, -0.2) is 13.8 Å². The Morgan fingerprint density at radius 3 is 2.63 bits per heavy atom. The van der Waals surface area contributed by atoms with Gasteiger partial charge >= 0.3 is 0 Å². The van der Waals surface area contributed by atoms with Crippen molar-refractivity contribution in [2.24, 2.45) is 5.10 Å². The van der Waals surface area contributed by atoms with Crippen molar-refractivity contribution in [1.82, 2.24) is 9.73 Å². The third-order valence-corrected chi connectivity index (χ3v) is 6.22. The van der Waals surface area contributed by atoms with Crippen LogP contribution in [0, 0.1) is 0 Å². The van der Waals surface area contributed by atoms with Crippen molar-refractivity contribution < 1.29 is 17.9 Å². The molecule has 0 atom stereocenters. The van der Waals surface area contributed by atoms with E-state index < -0.39 is 15.9 Å². The Morgan fingerprint density at radius 2 is 1.89 bits per heavy atom. The van der Waals surface area contributed by atoms with E-state index in [1.54, 1.807) is 24.3 Å². The summed E-state index contributed by atoms with van der Waals surface area (Å²) < 4.78 is 31.9. The molecule has 9 heteroatoms. The van der Waals surface area contributed by atoms with Crippen LogP contribution in [-0.4, -0.2) is 51.1 Å². The van der Waals surface area contributed by atoms with E-state index in [4.69, 9.17) is 16.3 Å². The zero-order chi connectivity index (χ0) is 19.3. The van der Waals surface area contributed by atoms with E-state index in [0.29, 0.717) is 36.9 Å². The number of hydrogen-bond acceptors (Lipinski definition) is 5. The van der Waals surface area contributed by atoms with Gasteiger partial charge in [0.25, 0.3) is 5.91 Å².